The Balaban J connectivity index is 1.50. The lowest BCUT2D eigenvalue weighted by molar-refractivity contribution is -0.116. The quantitative estimate of drug-likeness (QED) is 0.666. The third kappa shape index (κ3) is 4.66. The molecule has 0 saturated carbocycles. The molecule has 0 bridgehead atoms. The summed E-state index contributed by atoms with van der Waals surface area (Å²) in [5, 5.41) is 5.81. The van der Waals surface area contributed by atoms with Gasteiger partial charge in [0.05, 0.1) is 0 Å². The molecule has 2 aromatic carbocycles. The largest absolute Gasteiger partial charge is 0.326 e. The van der Waals surface area contributed by atoms with Crippen LogP contribution in [0.5, 0.6) is 0 Å². The van der Waals surface area contributed by atoms with Crippen molar-refractivity contribution in [3.63, 3.8) is 0 Å². The molecule has 2 heterocycles. The molecule has 6 heteroatoms. The van der Waals surface area contributed by atoms with Gasteiger partial charge in [-0.25, -0.2) is 9.97 Å². The summed E-state index contributed by atoms with van der Waals surface area (Å²) >= 11 is 0. The first-order chi connectivity index (χ1) is 14.2. The summed E-state index contributed by atoms with van der Waals surface area (Å²) in [4.78, 5) is 32.5. The van der Waals surface area contributed by atoms with Crippen LogP contribution in [0.1, 0.15) is 40.2 Å². The molecule has 1 aliphatic rings. The number of aromatic nitrogens is 2. The fourth-order valence-corrected chi connectivity index (χ4v) is 3.09. The van der Waals surface area contributed by atoms with Crippen LogP contribution in [-0.2, 0) is 11.2 Å². The molecule has 0 unspecified atom stereocenters. The van der Waals surface area contributed by atoms with Crippen molar-refractivity contribution in [2.75, 3.05) is 10.6 Å². The molecular weight excluding hydrogens is 364 g/mol. The van der Waals surface area contributed by atoms with E-state index in [1.165, 1.54) is 0 Å². The number of amides is 2. The van der Waals surface area contributed by atoms with Gasteiger partial charge < -0.3 is 10.6 Å². The topological polar surface area (TPSA) is 84.0 Å². The lowest BCUT2D eigenvalue weighted by Crippen LogP contribution is -2.13. The average Bonchev–Trinajstić information content (AvgIpc) is 2.93. The maximum Gasteiger partial charge on any atom is 0.255 e. The SMILES string of the molecule is O=C1CCCc2cc(NC(=O)c3cccc(C#Cc4ncccn4)c3)ccc2N1. The van der Waals surface area contributed by atoms with Crippen LogP contribution in [0.25, 0.3) is 0 Å². The van der Waals surface area contributed by atoms with E-state index in [1.807, 2.05) is 18.2 Å². The highest BCUT2D eigenvalue weighted by Gasteiger charge is 2.14. The van der Waals surface area contributed by atoms with Crippen molar-refractivity contribution in [1.29, 1.82) is 0 Å². The van der Waals surface area contributed by atoms with E-state index < -0.39 is 0 Å². The molecule has 3 aromatic rings. The maximum absolute atomic E-state index is 12.7. The normalized spacial score (nSPS) is 12.6. The Morgan fingerprint density at radius 3 is 2.72 bits per heavy atom. The number of carbonyl (C=O) groups excluding carboxylic acids is 2. The van der Waals surface area contributed by atoms with E-state index >= 15 is 0 Å². The summed E-state index contributed by atoms with van der Waals surface area (Å²) in [5.74, 6) is 6.10. The number of aryl methyl sites for hydroxylation is 1. The maximum atomic E-state index is 12.7. The number of hydrogen-bond acceptors (Lipinski definition) is 4. The first kappa shape index (κ1) is 18.4. The Morgan fingerprint density at radius 1 is 1.00 bits per heavy atom. The molecule has 1 aromatic heterocycles. The predicted molar refractivity (Wildman–Crippen MR) is 110 cm³/mol. The van der Waals surface area contributed by atoms with E-state index in [0.29, 0.717) is 29.1 Å². The second-order valence-electron chi connectivity index (χ2n) is 6.63. The van der Waals surface area contributed by atoms with E-state index in [0.717, 1.165) is 24.1 Å². The molecule has 0 saturated heterocycles. The highest BCUT2D eigenvalue weighted by atomic mass is 16.2. The molecule has 0 radical (unpaired) electrons. The van der Waals surface area contributed by atoms with Crippen LogP contribution < -0.4 is 10.6 Å². The number of nitrogens with zero attached hydrogens (tertiary/aromatic N) is 2. The average molecular weight is 382 g/mol. The summed E-state index contributed by atoms with van der Waals surface area (Å²) in [6.07, 6.45) is 5.37. The molecule has 142 valence electrons. The molecule has 0 aliphatic carbocycles. The van der Waals surface area contributed by atoms with Gasteiger partial charge in [0, 0.05) is 41.3 Å². The summed E-state index contributed by atoms with van der Waals surface area (Å²) in [7, 11) is 0. The smallest absolute Gasteiger partial charge is 0.255 e. The number of nitrogens with one attached hydrogen (secondary N) is 2. The van der Waals surface area contributed by atoms with Gasteiger partial charge in [0.1, 0.15) is 0 Å². The highest BCUT2D eigenvalue weighted by molar-refractivity contribution is 6.04. The Labute approximate surface area is 168 Å². The zero-order chi connectivity index (χ0) is 20.1. The third-order valence-corrected chi connectivity index (χ3v) is 4.50. The van der Waals surface area contributed by atoms with Crippen molar-refractivity contribution < 1.29 is 9.59 Å². The van der Waals surface area contributed by atoms with E-state index in [-0.39, 0.29) is 11.8 Å². The van der Waals surface area contributed by atoms with Gasteiger partial charge in [-0.1, -0.05) is 12.0 Å². The first-order valence-electron chi connectivity index (χ1n) is 9.31. The molecule has 6 nitrogen and oxygen atoms in total. The molecule has 2 N–H and O–H groups in total. The van der Waals surface area contributed by atoms with Crippen LogP contribution >= 0.6 is 0 Å². The number of fused-ring (bicyclic) bond motifs is 1. The Bertz CT molecular complexity index is 1130. The van der Waals surface area contributed by atoms with Crippen molar-refractivity contribution in [2.45, 2.75) is 19.3 Å². The zero-order valence-electron chi connectivity index (χ0n) is 15.6. The van der Waals surface area contributed by atoms with E-state index in [9.17, 15) is 9.59 Å². The standard InChI is InChI=1S/C23H18N4O2/c28-22-7-2-5-17-15-19(9-10-20(17)27-22)26-23(29)18-6-1-4-16(14-18)8-11-21-24-12-3-13-25-21/h1,3-4,6,9-10,12-15H,2,5,7H2,(H,26,29)(H,27,28). The van der Waals surface area contributed by atoms with Gasteiger partial charge in [0.15, 0.2) is 0 Å². The molecule has 0 spiro atoms. The molecule has 29 heavy (non-hydrogen) atoms. The van der Waals surface area contributed by atoms with Crippen molar-refractivity contribution in [3.05, 3.63) is 83.4 Å². The molecule has 1 aliphatic heterocycles. The summed E-state index contributed by atoms with van der Waals surface area (Å²) in [5.41, 5.74) is 3.74. The lowest BCUT2D eigenvalue weighted by Gasteiger charge is -2.11. The van der Waals surface area contributed by atoms with Crippen LogP contribution in [0.15, 0.2) is 60.9 Å². The monoisotopic (exact) mass is 382 g/mol. The second kappa shape index (κ2) is 8.36. The van der Waals surface area contributed by atoms with Crippen LogP contribution in [0.3, 0.4) is 0 Å². The Kier molecular flexibility index (Phi) is 5.30. The second-order valence-corrected chi connectivity index (χ2v) is 6.63. The highest BCUT2D eigenvalue weighted by Crippen LogP contribution is 2.25. The van der Waals surface area contributed by atoms with Crippen molar-refractivity contribution in [3.8, 4) is 11.8 Å². The van der Waals surface area contributed by atoms with Gasteiger partial charge in [-0.3, -0.25) is 9.59 Å². The summed E-state index contributed by atoms with van der Waals surface area (Å²) in [6, 6.07) is 14.4. The predicted octanol–water partition coefficient (Wildman–Crippen LogP) is 3.40. The van der Waals surface area contributed by atoms with Gasteiger partial charge in [0.25, 0.3) is 5.91 Å². The minimum Gasteiger partial charge on any atom is -0.326 e. The third-order valence-electron chi connectivity index (χ3n) is 4.50. The molecular formula is C23H18N4O2. The lowest BCUT2D eigenvalue weighted by atomic mass is 10.1. The van der Waals surface area contributed by atoms with Crippen molar-refractivity contribution in [1.82, 2.24) is 9.97 Å². The van der Waals surface area contributed by atoms with Crippen LogP contribution in [0.4, 0.5) is 11.4 Å². The van der Waals surface area contributed by atoms with Gasteiger partial charge >= 0.3 is 0 Å². The van der Waals surface area contributed by atoms with Gasteiger partial charge in [-0.05, 0) is 66.8 Å². The van der Waals surface area contributed by atoms with Gasteiger partial charge in [0.2, 0.25) is 11.7 Å². The van der Waals surface area contributed by atoms with Crippen molar-refractivity contribution >= 4 is 23.2 Å². The molecule has 0 fully saturated rings. The first-order valence-corrected chi connectivity index (χ1v) is 9.31. The minimum atomic E-state index is -0.220. The van der Waals surface area contributed by atoms with E-state index in [1.54, 1.807) is 42.7 Å². The number of carbonyl (C=O) groups is 2. The molecule has 0 atom stereocenters. The Morgan fingerprint density at radius 2 is 1.86 bits per heavy atom. The van der Waals surface area contributed by atoms with Gasteiger partial charge in [-0.15, -0.1) is 0 Å². The van der Waals surface area contributed by atoms with Crippen LogP contribution in [0, 0.1) is 11.8 Å². The van der Waals surface area contributed by atoms with E-state index in [4.69, 9.17) is 0 Å². The zero-order valence-corrected chi connectivity index (χ0v) is 15.6. The summed E-state index contributed by atoms with van der Waals surface area (Å²) in [6.45, 7) is 0. The minimum absolute atomic E-state index is 0.0272. The fraction of sp³-hybridized carbons (Fsp3) is 0.130. The number of anilines is 2. The molecule has 4 rings (SSSR count). The number of benzene rings is 2. The summed E-state index contributed by atoms with van der Waals surface area (Å²) < 4.78 is 0. The van der Waals surface area contributed by atoms with Crippen LogP contribution in [0.2, 0.25) is 0 Å². The number of rotatable bonds is 2. The van der Waals surface area contributed by atoms with Crippen LogP contribution in [-0.4, -0.2) is 21.8 Å². The van der Waals surface area contributed by atoms with Gasteiger partial charge in [-0.2, -0.15) is 0 Å². The molecule has 2 amide bonds. The van der Waals surface area contributed by atoms with E-state index in [2.05, 4.69) is 32.4 Å². The fourth-order valence-electron chi connectivity index (χ4n) is 3.09. The Hall–Kier alpha value is -3.98. The van der Waals surface area contributed by atoms with Crippen molar-refractivity contribution in [2.24, 2.45) is 0 Å². The number of hydrogen-bond donors (Lipinski definition) is 2.